The summed E-state index contributed by atoms with van der Waals surface area (Å²) < 4.78 is 43.6. The van der Waals surface area contributed by atoms with Gasteiger partial charge < -0.3 is 19.8 Å². The molecule has 0 saturated carbocycles. The van der Waals surface area contributed by atoms with Crippen LogP contribution in [0, 0.1) is 5.82 Å². The van der Waals surface area contributed by atoms with Crippen molar-refractivity contribution in [2.75, 3.05) is 24.7 Å². The molecule has 0 aliphatic heterocycles. The Morgan fingerprint density at radius 3 is 2.41 bits per heavy atom. The minimum absolute atomic E-state index is 0.0390. The molecule has 0 spiro atoms. The van der Waals surface area contributed by atoms with Crippen LogP contribution < -0.4 is 15.1 Å². The van der Waals surface area contributed by atoms with E-state index in [0.717, 1.165) is 10.6 Å². The molecule has 0 bridgehead atoms. The van der Waals surface area contributed by atoms with Gasteiger partial charge in [0.05, 0.1) is 17.2 Å². The number of fused-ring (bicyclic) bond motifs is 1. The standard InChI is InChI=1S/C17H17BFN3O6S/c1-20-16(23)13-11-8-12(18(24)25)15(22(2)29(3,26)27)21-17(11)28-14(13)9-4-6-10(19)7-5-9/h4-8,24-25H,1-3H3,(H,20,23). The van der Waals surface area contributed by atoms with Crippen molar-refractivity contribution < 1.29 is 32.1 Å². The highest BCUT2D eigenvalue weighted by molar-refractivity contribution is 7.92. The highest BCUT2D eigenvalue weighted by atomic mass is 32.2. The fourth-order valence-electron chi connectivity index (χ4n) is 2.78. The summed E-state index contributed by atoms with van der Waals surface area (Å²) in [5.41, 5.74) is 0.0871. The SMILES string of the molecule is CNC(=O)c1c(-c2ccc(F)cc2)oc2nc(N(C)S(C)(=O)=O)c(B(O)O)cc12. The topological polar surface area (TPSA) is 133 Å². The molecule has 9 nitrogen and oxygen atoms in total. The van der Waals surface area contributed by atoms with Crippen LogP contribution >= 0.6 is 0 Å². The van der Waals surface area contributed by atoms with Crippen molar-refractivity contribution in [2.24, 2.45) is 0 Å². The van der Waals surface area contributed by atoms with Gasteiger partial charge in [0, 0.05) is 25.1 Å². The van der Waals surface area contributed by atoms with E-state index in [1.165, 1.54) is 44.4 Å². The van der Waals surface area contributed by atoms with Crippen LogP contribution in [0.1, 0.15) is 10.4 Å². The summed E-state index contributed by atoms with van der Waals surface area (Å²) in [6, 6.07) is 6.42. The maximum absolute atomic E-state index is 13.3. The smallest absolute Gasteiger partial charge is 0.437 e. The first kappa shape index (κ1) is 20.8. The first-order valence-corrected chi connectivity index (χ1v) is 10.1. The molecule has 2 aromatic heterocycles. The van der Waals surface area contributed by atoms with E-state index in [1.54, 1.807) is 0 Å². The molecule has 152 valence electrons. The van der Waals surface area contributed by atoms with E-state index < -0.39 is 28.9 Å². The molecule has 2 heterocycles. The van der Waals surface area contributed by atoms with Crippen LogP contribution in [0.2, 0.25) is 0 Å². The number of nitrogens with one attached hydrogen (secondary N) is 1. The molecular weight excluding hydrogens is 404 g/mol. The number of sulfonamides is 1. The van der Waals surface area contributed by atoms with Gasteiger partial charge in [-0.25, -0.2) is 12.8 Å². The first-order chi connectivity index (χ1) is 13.5. The van der Waals surface area contributed by atoms with Gasteiger partial charge in [-0.05, 0) is 30.3 Å². The molecule has 3 rings (SSSR count). The summed E-state index contributed by atoms with van der Waals surface area (Å²) in [7, 11) is -3.25. The zero-order chi connectivity index (χ0) is 21.5. The molecule has 3 N–H and O–H groups in total. The maximum atomic E-state index is 13.3. The van der Waals surface area contributed by atoms with E-state index in [0.29, 0.717) is 5.56 Å². The number of furan rings is 1. The Morgan fingerprint density at radius 1 is 1.28 bits per heavy atom. The number of hydrogen-bond acceptors (Lipinski definition) is 7. The number of anilines is 1. The minimum Gasteiger partial charge on any atom is -0.437 e. The van der Waals surface area contributed by atoms with E-state index in [4.69, 9.17) is 4.42 Å². The number of hydrogen-bond donors (Lipinski definition) is 3. The number of carbonyl (C=O) groups excluding carboxylic acids is 1. The van der Waals surface area contributed by atoms with Gasteiger partial charge in [0.2, 0.25) is 15.7 Å². The van der Waals surface area contributed by atoms with Gasteiger partial charge in [-0.1, -0.05) is 0 Å². The number of halogens is 1. The fraction of sp³-hybridized carbons (Fsp3) is 0.176. The number of benzene rings is 1. The summed E-state index contributed by atoms with van der Waals surface area (Å²) in [5, 5.41) is 22.1. The number of nitrogens with zero attached hydrogens (tertiary/aromatic N) is 2. The second-order valence-corrected chi connectivity index (χ2v) is 8.26. The molecule has 1 aromatic carbocycles. The van der Waals surface area contributed by atoms with E-state index >= 15 is 0 Å². The van der Waals surface area contributed by atoms with Crippen LogP contribution in [0.3, 0.4) is 0 Å². The molecule has 0 fully saturated rings. The lowest BCUT2D eigenvalue weighted by atomic mass is 9.80. The largest absolute Gasteiger partial charge is 0.492 e. The lowest BCUT2D eigenvalue weighted by molar-refractivity contribution is 0.0964. The quantitative estimate of drug-likeness (QED) is 0.497. The lowest BCUT2D eigenvalue weighted by Crippen LogP contribution is -2.38. The van der Waals surface area contributed by atoms with Crippen molar-refractivity contribution in [3.63, 3.8) is 0 Å². The van der Waals surface area contributed by atoms with Crippen molar-refractivity contribution in [1.29, 1.82) is 0 Å². The zero-order valence-corrected chi connectivity index (χ0v) is 16.5. The van der Waals surface area contributed by atoms with Crippen LogP contribution in [0.25, 0.3) is 22.4 Å². The molecule has 0 aliphatic rings. The van der Waals surface area contributed by atoms with Gasteiger partial charge in [-0.2, -0.15) is 4.98 Å². The Balaban J connectivity index is 2.37. The molecule has 3 aromatic rings. The van der Waals surface area contributed by atoms with Crippen LogP contribution in [-0.4, -0.2) is 56.8 Å². The van der Waals surface area contributed by atoms with Gasteiger partial charge >= 0.3 is 7.12 Å². The number of carbonyl (C=O) groups is 1. The lowest BCUT2D eigenvalue weighted by Gasteiger charge is -2.18. The molecular formula is C17H17BFN3O6S. The molecule has 12 heteroatoms. The molecule has 0 saturated heterocycles. The van der Waals surface area contributed by atoms with Gasteiger partial charge in [-0.3, -0.25) is 9.10 Å². The van der Waals surface area contributed by atoms with Crippen molar-refractivity contribution in [1.82, 2.24) is 10.3 Å². The Labute approximate surface area is 166 Å². The van der Waals surface area contributed by atoms with Crippen molar-refractivity contribution in [3.8, 4) is 11.3 Å². The summed E-state index contributed by atoms with van der Waals surface area (Å²) in [6.45, 7) is 0. The average Bonchev–Trinajstić information content (AvgIpc) is 3.03. The van der Waals surface area contributed by atoms with Crippen molar-refractivity contribution in [2.45, 2.75) is 0 Å². The van der Waals surface area contributed by atoms with E-state index in [9.17, 15) is 27.7 Å². The molecule has 0 aliphatic carbocycles. The third-order valence-electron chi connectivity index (χ3n) is 4.33. The molecule has 0 radical (unpaired) electrons. The van der Waals surface area contributed by atoms with Gasteiger partial charge in [0.15, 0.2) is 0 Å². The van der Waals surface area contributed by atoms with Gasteiger partial charge in [0.25, 0.3) is 5.91 Å². The molecule has 0 atom stereocenters. The van der Waals surface area contributed by atoms with E-state index in [1.807, 2.05) is 0 Å². The second kappa shape index (κ2) is 7.46. The average molecular weight is 421 g/mol. The Hall–Kier alpha value is -2.96. The number of amides is 1. The predicted molar refractivity (Wildman–Crippen MR) is 106 cm³/mol. The Bertz CT molecular complexity index is 1190. The number of pyridine rings is 1. The second-order valence-electron chi connectivity index (χ2n) is 6.25. The highest BCUT2D eigenvalue weighted by Crippen LogP contribution is 2.33. The monoisotopic (exact) mass is 421 g/mol. The summed E-state index contributed by atoms with van der Waals surface area (Å²) in [5.74, 6) is -1.22. The summed E-state index contributed by atoms with van der Waals surface area (Å²) in [4.78, 5) is 16.6. The van der Waals surface area contributed by atoms with Crippen LogP contribution in [0.5, 0.6) is 0 Å². The van der Waals surface area contributed by atoms with E-state index in [2.05, 4.69) is 10.3 Å². The minimum atomic E-state index is -3.78. The van der Waals surface area contributed by atoms with E-state index in [-0.39, 0.29) is 33.7 Å². The van der Waals surface area contributed by atoms with Crippen molar-refractivity contribution >= 4 is 45.4 Å². The molecule has 1 amide bonds. The normalized spacial score (nSPS) is 11.5. The fourth-order valence-corrected chi connectivity index (χ4v) is 3.24. The number of aromatic nitrogens is 1. The maximum Gasteiger partial charge on any atom is 0.492 e. The summed E-state index contributed by atoms with van der Waals surface area (Å²) in [6.07, 6.45) is 0.925. The number of rotatable bonds is 5. The molecule has 29 heavy (non-hydrogen) atoms. The summed E-state index contributed by atoms with van der Waals surface area (Å²) >= 11 is 0. The first-order valence-electron chi connectivity index (χ1n) is 8.30. The van der Waals surface area contributed by atoms with Gasteiger partial charge in [0.1, 0.15) is 17.4 Å². The Kier molecular flexibility index (Phi) is 5.35. The Morgan fingerprint density at radius 2 is 1.90 bits per heavy atom. The van der Waals surface area contributed by atoms with Crippen molar-refractivity contribution in [3.05, 3.63) is 41.7 Å². The molecule has 0 unspecified atom stereocenters. The van der Waals surface area contributed by atoms with Crippen LogP contribution in [-0.2, 0) is 10.0 Å². The van der Waals surface area contributed by atoms with Gasteiger partial charge in [-0.15, -0.1) is 0 Å². The van der Waals surface area contributed by atoms with Crippen LogP contribution in [0.4, 0.5) is 10.2 Å². The zero-order valence-electron chi connectivity index (χ0n) is 15.7. The highest BCUT2D eigenvalue weighted by Gasteiger charge is 2.29. The predicted octanol–water partition coefficient (Wildman–Crippen LogP) is 0.0691. The third-order valence-corrected chi connectivity index (χ3v) is 5.49. The third kappa shape index (κ3) is 3.82. The van der Waals surface area contributed by atoms with Crippen LogP contribution in [0.15, 0.2) is 34.7 Å².